The monoisotopic (exact) mass is 480 g/mol. The van der Waals surface area contributed by atoms with E-state index in [-0.39, 0.29) is 11.7 Å². The zero-order valence-electron chi connectivity index (χ0n) is 22.4. The summed E-state index contributed by atoms with van der Waals surface area (Å²) in [6.07, 6.45) is 4.19. The lowest BCUT2D eigenvalue weighted by Crippen LogP contribution is -2.34. The molecule has 0 spiro atoms. The molecule has 192 valence electrons. The second-order valence-corrected chi connectivity index (χ2v) is 9.69. The van der Waals surface area contributed by atoms with Gasteiger partial charge in [0, 0.05) is 18.0 Å². The van der Waals surface area contributed by atoms with Gasteiger partial charge in [-0.2, -0.15) is 0 Å². The SMILES string of the molecule is CCN(CC)CC.COc1cc2c(cc1OC)C(=O)C(CC1CCN(Cc3ccccc3)CC1)C2. The number of fused-ring (bicyclic) bond motifs is 1. The lowest BCUT2D eigenvalue weighted by atomic mass is 9.85. The van der Waals surface area contributed by atoms with Crippen LogP contribution in [-0.2, 0) is 13.0 Å². The predicted molar refractivity (Wildman–Crippen MR) is 144 cm³/mol. The fourth-order valence-electron chi connectivity index (χ4n) is 5.38. The maximum absolute atomic E-state index is 12.9. The molecule has 0 bridgehead atoms. The van der Waals surface area contributed by atoms with Crippen LogP contribution < -0.4 is 9.47 Å². The zero-order valence-corrected chi connectivity index (χ0v) is 22.4. The molecule has 0 N–H and O–H groups in total. The molecule has 1 fully saturated rings. The highest BCUT2D eigenvalue weighted by Gasteiger charge is 2.34. The molecule has 1 aliphatic heterocycles. The van der Waals surface area contributed by atoms with E-state index in [0.29, 0.717) is 17.4 Å². The molecule has 1 unspecified atom stereocenters. The molecule has 2 aliphatic rings. The Morgan fingerprint density at radius 1 is 0.914 bits per heavy atom. The fraction of sp³-hybridized carbons (Fsp3) is 0.567. The van der Waals surface area contributed by atoms with E-state index in [1.54, 1.807) is 14.2 Å². The molecule has 0 saturated carbocycles. The van der Waals surface area contributed by atoms with Crippen LogP contribution in [-0.4, -0.2) is 62.5 Å². The highest BCUT2D eigenvalue weighted by atomic mass is 16.5. The van der Waals surface area contributed by atoms with E-state index >= 15 is 0 Å². The van der Waals surface area contributed by atoms with Gasteiger partial charge >= 0.3 is 0 Å². The third-order valence-electron chi connectivity index (χ3n) is 7.63. The first kappa shape index (κ1) is 27.2. The van der Waals surface area contributed by atoms with Crippen LogP contribution in [0.1, 0.15) is 61.5 Å². The van der Waals surface area contributed by atoms with Gasteiger partial charge in [-0.3, -0.25) is 9.69 Å². The number of ether oxygens (including phenoxy) is 2. The molecule has 0 radical (unpaired) electrons. The summed E-state index contributed by atoms with van der Waals surface area (Å²) in [5.41, 5.74) is 3.31. The van der Waals surface area contributed by atoms with Crippen molar-refractivity contribution in [1.29, 1.82) is 0 Å². The van der Waals surface area contributed by atoms with E-state index in [1.165, 1.54) is 38.0 Å². The molecule has 5 nitrogen and oxygen atoms in total. The Kier molecular flexibility index (Phi) is 10.6. The summed E-state index contributed by atoms with van der Waals surface area (Å²) in [5.74, 6) is 2.38. The Labute approximate surface area is 212 Å². The third-order valence-corrected chi connectivity index (χ3v) is 7.63. The highest BCUT2D eigenvalue weighted by Crippen LogP contribution is 2.39. The van der Waals surface area contributed by atoms with Crippen molar-refractivity contribution in [3.63, 3.8) is 0 Å². The summed E-state index contributed by atoms with van der Waals surface area (Å²) in [7, 11) is 3.26. The number of hydrogen-bond donors (Lipinski definition) is 0. The van der Waals surface area contributed by atoms with Crippen LogP contribution in [0.25, 0.3) is 0 Å². The number of benzene rings is 2. The van der Waals surface area contributed by atoms with E-state index in [1.807, 2.05) is 12.1 Å². The smallest absolute Gasteiger partial charge is 0.166 e. The van der Waals surface area contributed by atoms with E-state index in [2.05, 4.69) is 60.9 Å². The van der Waals surface area contributed by atoms with Crippen molar-refractivity contribution in [1.82, 2.24) is 9.80 Å². The van der Waals surface area contributed by atoms with Crippen molar-refractivity contribution in [2.45, 2.75) is 53.0 Å². The number of nitrogens with zero attached hydrogens (tertiary/aromatic N) is 2. The van der Waals surface area contributed by atoms with Crippen LogP contribution in [0.15, 0.2) is 42.5 Å². The number of rotatable bonds is 9. The number of piperidine rings is 1. The Bertz CT molecular complexity index is 913. The first-order valence-corrected chi connectivity index (χ1v) is 13.3. The third kappa shape index (κ3) is 7.31. The molecule has 1 atom stereocenters. The lowest BCUT2D eigenvalue weighted by molar-refractivity contribution is 0.0895. The molecule has 35 heavy (non-hydrogen) atoms. The van der Waals surface area contributed by atoms with Crippen LogP contribution in [0, 0.1) is 11.8 Å². The minimum Gasteiger partial charge on any atom is -0.493 e. The largest absolute Gasteiger partial charge is 0.493 e. The zero-order chi connectivity index (χ0) is 25.2. The molecule has 1 aliphatic carbocycles. The van der Waals surface area contributed by atoms with Crippen molar-refractivity contribution >= 4 is 5.78 Å². The highest BCUT2D eigenvalue weighted by molar-refractivity contribution is 6.02. The molecule has 1 saturated heterocycles. The Balaban J connectivity index is 0.000000429. The normalized spacial score (nSPS) is 18.2. The van der Waals surface area contributed by atoms with Gasteiger partial charge in [0.15, 0.2) is 17.3 Å². The summed E-state index contributed by atoms with van der Waals surface area (Å²) >= 11 is 0. The van der Waals surface area contributed by atoms with Crippen LogP contribution in [0.3, 0.4) is 0 Å². The van der Waals surface area contributed by atoms with Crippen LogP contribution in [0.2, 0.25) is 0 Å². The molecule has 0 amide bonds. The number of ketones is 1. The minimum atomic E-state index is 0.109. The minimum absolute atomic E-state index is 0.109. The molecule has 5 heteroatoms. The molecule has 0 aromatic heterocycles. The van der Waals surface area contributed by atoms with Gasteiger partial charge in [-0.25, -0.2) is 0 Å². The van der Waals surface area contributed by atoms with E-state index in [0.717, 1.165) is 43.6 Å². The number of methoxy groups -OCH3 is 2. The summed E-state index contributed by atoms with van der Waals surface area (Å²) in [6.45, 7) is 13.4. The maximum Gasteiger partial charge on any atom is 0.166 e. The van der Waals surface area contributed by atoms with Crippen molar-refractivity contribution in [2.75, 3.05) is 46.9 Å². The number of hydrogen-bond acceptors (Lipinski definition) is 5. The van der Waals surface area contributed by atoms with Gasteiger partial charge < -0.3 is 14.4 Å². The van der Waals surface area contributed by atoms with Crippen molar-refractivity contribution in [3.8, 4) is 11.5 Å². The van der Waals surface area contributed by atoms with Gasteiger partial charge in [0.2, 0.25) is 0 Å². The quantitative estimate of drug-likeness (QED) is 0.460. The Hall–Kier alpha value is -2.37. The average molecular weight is 481 g/mol. The van der Waals surface area contributed by atoms with Crippen LogP contribution in [0.5, 0.6) is 11.5 Å². The predicted octanol–water partition coefficient (Wildman–Crippen LogP) is 5.71. The van der Waals surface area contributed by atoms with E-state index in [9.17, 15) is 4.79 Å². The number of carbonyl (C=O) groups excluding carboxylic acids is 1. The molecular weight excluding hydrogens is 436 g/mol. The summed E-state index contributed by atoms with van der Waals surface area (Å²) < 4.78 is 10.8. The molecule has 4 rings (SSSR count). The number of carbonyl (C=O) groups is 1. The van der Waals surface area contributed by atoms with E-state index < -0.39 is 0 Å². The Morgan fingerprint density at radius 3 is 2.06 bits per heavy atom. The first-order valence-electron chi connectivity index (χ1n) is 13.3. The lowest BCUT2D eigenvalue weighted by Gasteiger charge is -2.32. The van der Waals surface area contributed by atoms with Crippen molar-refractivity contribution in [3.05, 3.63) is 59.2 Å². The van der Waals surface area contributed by atoms with Gasteiger partial charge in [0.05, 0.1) is 14.2 Å². The molecule has 1 heterocycles. The van der Waals surface area contributed by atoms with E-state index in [4.69, 9.17) is 9.47 Å². The van der Waals surface area contributed by atoms with Crippen LogP contribution in [0.4, 0.5) is 0 Å². The average Bonchev–Trinajstić information content (AvgIpc) is 3.20. The second-order valence-electron chi connectivity index (χ2n) is 9.69. The molecular formula is C30H44N2O3. The standard InChI is InChI=1S/C24H29NO3.C6H15N/c1-27-22-14-19-13-20(24(26)21(19)15-23(22)28-2)12-17-8-10-25(11-9-17)16-18-6-4-3-5-7-18;1-4-7(5-2)6-3/h3-7,14-15,17,20H,8-13,16H2,1-2H3;4-6H2,1-3H3. The first-order chi connectivity index (χ1) is 17.0. The van der Waals surface area contributed by atoms with Crippen LogP contribution >= 0.6 is 0 Å². The molecule has 2 aromatic rings. The van der Waals surface area contributed by atoms with Gasteiger partial charge in [0.25, 0.3) is 0 Å². The number of likely N-dealkylation sites (tertiary alicyclic amines) is 1. The maximum atomic E-state index is 12.9. The summed E-state index contributed by atoms with van der Waals surface area (Å²) in [5, 5.41) is 0. The topological polar surface area (TPSA) is 42.0 Å². The van der Waals surface area contributed by atoms with Gasteiger partial charge in [-0.1, -0.05) is 51.1 Å². The van der Waals surface area contributed by atoms with Gasteiger partial charge in [-0.15, -0.1) is 0 Å². The number of Topliss-reactive ketones (excluding diaryl/α,β-unsaturated/α-hetero) is 1. The Morgan fingerprint density at radius 2 is 1.51 bits per heavy atom. The van der Waals surface area contributed by atoms with Gasteiger partial charge in [-0.05, 0) is 87.6 Å². The summed E-state index contributed by atoms with van der Waals surface area (Å²) in [4.78, 5) is 17.8. The van der Waals surface area contributed by atoms with Crippen molar-refractivity contribution < 1.29 is 14.3 Å². The van der Waals surface area contributed by atoms with Gasteiger partial charge in [0.1, 0.15) is 0 Å². The fourth-order valence-corrected chi connectivity index (χ4v) is 5.38. The molecule has 2 aromatic carbocycles. The van der Waals surface area contributed by atoms with Crippen molar-refractivity contribution in [2.24, 2.45) is 11.8 Å². The second kappa shape index (κ2) is 13.6. The summed E-state index contributed by atoms with van der Waals surface area (Å²) in [6, 6.07) is 14.5.